The first kappa shape index (κ1) is 18.3. The molecule has 2 aromatic carbocycles. The Morgan fingerprint density at radius 1 is 1.08 bits per heavy atom. The second-order valence-electron chi connectivity index (χ2n) is 5.24. The van der Waals surface area contributed by atoms with E-state index in [1.54, 1.807) is 31.2 Å². The monoisotopic (exact) mass is 344 g/mol. The van der Waals surface area contributed by atoms with Gasteiger partial charge < -0.3 is 14.8 Å². The molecule has 0 radical (unpaired) electrons. The normalized spacial score (nSPS) is 10.2. The summed E-state index contributed by atoms with van der Waals surface area (Å²) >= 11 is 0. The van der Waals surface area contributed by atoms with Gasteiger partial charge in [-0.1, -0.05) is 6.07 Å². The minimum Gasteiger partial charge on any atom is -0.490 e. The SMILES string of the molecule is CCOc1ccc(C(=O)Nc2cc([N+](=O)[O-])ccc2C)cc1OCC. The van der Waals surface area contributed by atoms with Gasteiger partial charge in [-0.25, -0.2) is 0 Å². The second-order valence-corrected chi connectivity index (χ2v) is 5.24. The van der Waals surface area contributed by atoms with Crippen molar-refractivity contribution in [2.24, 2.45) is 0 Å². The highest BCUT2D eigenvalue weighted by molar-refractivity contribution is 6.05. The van der Waals surface area contributed by atoms with Crippen LogP contribution in [0.2, 0.25) is 0 Å². The molecule has 0 aliphatic rings. The summed E-state index contributed by atoms with van der Waals surface area (Å²) in [6, 6.07) is 9.22. The van der Waals surface area contributed by atoms with Crippen molar-refractivity contribution in [3.05, 3.63) is 57.6 Å². The molecular weight excluding hydrogens is 324 g/mol. The number of nitro benzene ring substituents is 1. The van der Waals surface area contributed by atoms with Gasteiger partial charge in [0.05, 0.1) is 23.8 Å². The van der Waals surface area contributed by atoms with Crippen LogP contribution in [0.15, 0.2) is 36.4 Å². The van der Waals surface area contributed by atoms with Crippen molar-refractivity contribution in [2.45, 2.75) is 20.8 Å². The molecule has 0 saturated carbocycles. The van der Waals surface area contributed by atoms with E-state index in [1.807, 2.05) is 13.8 Å². The minimum atomic E-state index is -0.501. The molecule has 25 heavy (non-hydrogen) atoms. The van der Waals surface area contributed by atoms with Crippen molar-refractivity contribution in [1.29, 1.82) is 0 Å². The number of anilines is 1. The molecule has 7 nitrogen and oxygen atoms in total. The van der Waals surface area contributed by atoms with Crippen LogP contribution >= 0.6 is 0 Å². The number of carbonyl (C=O) groups excluding carboxylic acids is 1. The second kappa shape index (κ2) is 8.14. The van der Waals surface area contributed by atoms with Gasteiger partial charge in [-0.3, -0.25) is 14.9 Å². The van der Waals surface area contributed by atoms with Crippen LogP contribution in [0, 0.1) is 17.0 Å². The van der Waals surface area contributed by atoms with Gasteiger partial charge in [0.1, 0.15) is 0 Å². The fourth-order valence-electron chi connectivity index (χ4n) is 2.25. The van der Waals surface area contributed by atoms with Crippen molar-refractivity contribution in [2.75, 3.05) is 18.5 Å². The predicted molar refractivity (Wildman–Crippen MR) is 94.6 cm³/mol. The highest BCUT2D eigenvalue weighted by Gasteiger charge is 2.15. The van der Waals surface area contributed by atoms with Crippen LogP contribution < -0.4 is 14.8 Å². The first-order chi connectivity index (χ1) is 12.0. The summed E-state index contributed by atoms with van der Waals surface area (Å²) in [6.07, 6.45) is 0. The number of ether oxygens (including phenoxy) is 2. The molecule has 0 aliphatic heterocycles. The Labute approximate surface area is 145 Å². The summed E-state index contributed by atoms with van der Waals surface area (Å²) in [6.45, 7) is 6.40. The number of hydrogen-bond donors (Lipinski definition) is 1. The Morgan fingerprint density at radius 2 is 1.76 bits per heavy atom. The molecule has 0 saturated heterocycles. The van der Waals surface area contributed by atoms with Gasteiger partial charge in [0.25, 0.3) is 11.6 Å². The first-order valence-electron chi connectivity index (χ1n) is 7.92. The van der Waals surface area contributed by atoms with E-state index in [1.165, 1.54) is 12.1 Å². The summed E-state index contributed by atoms with van der Waals surface area (Å²) in [4.78, 5) is 22.9. The summed E-state index contributed by atoms with van der Waals surface area (Å²) in [5.41, 5.74) is 1.42. The molecule has 0 fully saturated rings. The molecule has 1 N–H and O–H groups in total. The van der Waals surface area contributed by atoms with Crippen molar-refractivity contribution in [3.63, 3.8) is 0 Å². The van der Waals surface area contributed by atoms with Crippen molar-refractivity contribution in [3.8, 4) is 11.5 Å². The minimum absolute atomic E-state index is 0.0809. The number of aryl methyl sites for hydroxylation is 1. The number of nitrogens with zero attached hydrogens (tertiary/aromatic N) is 1. The fraction of sp³-hybridized carbons (Fsp3) is 0.278. The van der Waals surface area contributed by atoms with Crippen LogP contribution in [-0.4, -0.2) is 24.0 Å². The number of nitrogens with one attached hydrogen (secondary N) is 1. The summed E-state index contributed by atoms with van der Waals surface area (Å²) in [5.74, 6) is 0.660. The van der Waals surface area contributed by atoms with Gasteiger partial charge in [-0.15, -0.1) is 0 Å². The summed E-state index contributed by atoms with van der Waals surface area (Å²) in [7, 11) is 0. The van der Waals surface area contributed by atoms with E-state index in [0.717, 1.165) is 5.56 Å². The number of benzene rings is 2. The van der Waals surface area contributed by atoms with E-state index >= 15 is 0 Å². The number of hydrogen-bond acceptors (Lipinski definition) is 5. The third-order valence-electron chi connectivity index (χ3n) is 3.49. The number of nitro groups is 1. The fourth-order valence-corrected chi connectivity index (χ4v) is 2.25. The average molecular weight is 344 g/mol. The number of rotatable bonds is 7. The van der Waals surface area contributed by atoms with E-state index in [9.17, 15) is 14.9 Å². The van der Waals surface area contributed by atoms with E-state index < -0.39 is 4.92 Å². The van der Waals surface area contributed by atoms with Gasteiger partial charge >= 0.3 is 0 Å². The predicted octanol–water partition coefficient (Wildman–Crippen LogP) is 3.95. The maximum atomic E-state index is 12.5. The van der Waals surface area contributed by atoms with Gasteiger partial charge in [0, 0.05) is 17.7 Å². The van der Waals surface area contributed by atoms with Crippen LogP contribution in [-0.2, 0) is 0 Å². The maximum Gasteiger partial charge on any atom is 0.271 e. The number of amides is 1. The third kappa shape index (κ3) is 4.47. The zero-order chi connectivity index (χ0) is 18.4. The highest BCUT2D eigenvalue weighted by atomic mass is 16.6. The van der Waals surface area contributed by atoms with Crippen LogP contribution in [0.3, 0.4) is 0 Å². The first-order valence-corrected chi connectivity index (χ1v) is 7.92. The number of non-ortho nitro benzene ring substituents is 1. The van der Waals surface area contributed by atoms with E-state index in [0.29, 0.717) is 36.0 Å². The lowest BCUT2D eigenvalue weighted by Crippen LogP contribution is -2.13. The summed E-state index contributed by atoms with van der Waals surface area (Å²) in [5, 5.41) is 13.6. The molecule has 0 heterocycles. The Bertz CT molecular complexity index is 789. The van der Waals surface area contributed by atoms with E-state index in [4.69, 9.17) is 9.47 Å². The lowest BCUT2D eigenvalue weighted by Gasteiger charge is -2.13. The standard InChI is InChI=1S/C18H20N2O5/c1-4-24-16-9-7-13(10-17(16)25-5-2)18(21)19-15-11-14(20(22)23)8-6-12(15)3/h6-11H,4-5H2,1-3H3,(H,19,21). The Hall–Kier alpha value is -3.09. The Morgan fingerprint density at radius 3 is 2.40 bits per heavy atom. The Kier molecular flexibility index (Phi) is 5.94. The van der Waals surface area contributed by atoms with Gasteiger partial charge in [0.15, 0.2) is 11.5 Å². The molecule has 2 aromatic rings. The molecular formula is C18H20N2O5. The third-order valence-corrected chi connectivity index (χ3v) is 3.49. The highest BCUT2D eigenvalue weighted by Crippen LogP contribution is 2.29. The lowest BCUT2D eigenvalue weighted by molar-refractivity contribution is -0.384. The van der Waals surface area contributed by atoms with Crippen molar-refractivity contribution in [1.82, 2.24) is 0 Å². The molecule has 0 bridgehead atoms. The van der Waals surface area contributed by atoms with E-state index in [2.05, 4.69) is 5.32 Å². The van der Waals surface area contributed by atoms with Gasteiger partial charge in [-0.05, 0) is 44.5 Å². The molecule has 0 atom stereocenters. The zero-order valence-corrected chi connectivity index (χ0v) is 14.4. The molecule has 2 rings (SSSR count). The van der Waals surface area contributed by atoms with Crippen LogP contribution in [0.4, 0.5) is 11.4 Å². The van der Waals surface area contributed by atoms with Crippen LogP contribution in [0.1, 0.15) is 29.8 Å². The van der Waals surface area contributed by atoms with Gasteiger partial charge in [-0.2, -0.15) is 0 Å². The van der Waals surface area contributed by atoms with Crippen molar-refractivity contribution >= 4 is 17.3 Å². The molecule has 132 valence electrons. The van der Waals surface area contributed by atoms with Gasteiger partial charge in [0.2, 0.25) is 0 Å². The number of carbonyl (C=O) groups is 1. The quantitative estimate of drug-likeness (QED) is 0.606. The maximum absolute atomic E-state index is 12.5. The summed E-state index contributed by atoms with van der Waals surface area (Å²) < 4.78 is 11.0. The Balaban J connectivity index is 2.27. The molecule has 0 spiro atoms. The van der Waals surface area contributed by atoms with Crippen molar-refractivity contribution < 1.29 is 19.2 Å². The molecule has 0 aliphatic carbocycles. The molecule has 7 heteroatoms. The molecule has 0 unspecified atom stereocenters. The van der Waals surface area contributed by atoms with Crippen LogP contribution in [0.5, 0.6) is 11.5 Å². The molecule has 0 aromatic heterocycles. The van der Waals surface area contributed by atoms with E-state index in [-0.39, 0.29) is 11.6 Å². The lowest BCUT2D eigenvalue weighted by atomic mass is 10.1. The average Bonchev–Trinajstić information content (AvgIpc) is 2.58. The molecule has 1 amide bonds. The topological polar surface area (TPSA) is 90.7 Å². The smallest absolute Gasteiger partial charge is 0.271 e. The largest absolute Gasteiger partial charge is 0.490 e. The zero-order valence-electron chi connectivity index (χ0n) is 14.4. The van der Waals surface area contributed by atoms with Crippen LogP contribution in [0.25, 0.3) is 0 Å².